The summed E-state index contributed by atoms with van der Waals surface area (Å²) in [7, 11) is 3.49. The average Bonchev–Trinajstić information content (AvgIpc) is 2.71. The molecular weight excluding hydrogens is 372 g/mol. The maximum Gasteiger partial charge on any atom is 0.236 e. The molecule has 3 aromatic carbocycles. The first-order valence-electron chi connectivity index (χ1n) is 9.26. The number of methoxy groups -OCH3 is 1. The van der Waals surface area contributed by atoms with Gasteiger partial charge in [0.05, 0.1) is 13.7 Å². The third-order valence-corrected chi connectivity index (χ3v) is 5.23. The van der Waals surface area contributed by atoms with E-state index in [9.17, 15) is 4.79 Å². The van der Waals surface area contributed by atoms with Crippen molar-refractivity contribution in [2.45, 2.75) is 19.5 Å². The lowest BCUT2D eigenvalue weighted by atomic mass is 10.1. The van der Waals surface area contributed by atoms with E-state index in [1.807, 2.05) is 62.5 Å². The quantitative estimate of drug-likeness (QED) is 0.623. The van der Waals surface area contributed by atoms with Crippen LogP contribution in [0.25, 0.3) is 10.8 Å². The number of hydrogen-bond acceptors (Lipinski definition) is 3. The molecule has 0 radical (unpaired) electrons. The highest BCUT2D eigenvalue weighted by Crippen LogP contribution is 2.23. The fraction of sp³-hybridized carbons (Fsp3) is 0.261. The van der Waals surface area contributed by atoms with E-state index in [2.05, 4.69) is 17.4 Å². The standard InChI is InChI=1S/C23H25ClN2O2/c1-16(21-6-4-5-7-22(21)24)25-14-23(27)26(2)15-17-8-9-19-13-20(28-3)11-10-18(19)12-17/h4-13,16,25H,14-15H2,1-3H3/t16-/m0/s1. The van der Waals surface area contributed by atoms with E-state index in [-0.39, 0.29) is 18.5 Å². The monoisotopic (exact) mass is 396 g/mol. The van der Waals surface area contributed by atoms with Crippen molar-refractivity contribution in [3.8, 4) is 5.75 Å². The van der Waals surface area contributed by atoms with Crippen LogP contribution in [-0.2, 0) is 11.3 Å². The van der Waals surface area contributed by atoms with Gasteiger partial charge < -0.3 is 15.0 Å². The number of rotatable bonds is 7. The molecule has 0 unspecified atom stereocenters. The molecule has 0 saturated heterocycles. The van der Waals surface area contributed by atoms with Crippen LogP contribution < -0.4 is 10.1 Å². The Bertz CT molecular complexity index is 974. The number of amides is 1. The molecule has 0 bridgehead atoms. The van der Waals surface area contributed by atoms with Crippen LogP contribution in [0.4, 0.5) is 0 Å². The van der Waals surface area contributed by atoms with Gasteiger partial charge >= 0.3 is 0 Å². The SMILES string of the molecule is COc1ccc2cc(CN(C)C(=O)CN[C@@H](C)c3ccccc3Cl)ccc2c1. The highest BCUT2D eigenvalue weighted by Gasteiger charge is 2.13. The summed E-state index contributed by atoms with van der Waals surface area (Å²) in [6.07, 6.45) is 0. The number of nitrogens with one attached hydrogen (secondary N) is 1. The first kappa shape index (κ1) is 20.2. The molecule has 1 atom stereocenters. The summed E-state index contributed by atoms with van der Waals surface area (Å²) in [5.41, 5.74) is 2.08. The molecule has 0 aliphatic carbocycles. The van der Waals surface area contributed by atoms with Crippen LogP contribution in [-0.4, -0.2) is 31.5 Å². The van der Waals surface area contributed by atoms with Crippen LogP contribution in [0.5, 0.6) is 5.75 Å². The number of nitrogens with zero attached hydrogens (tertiary/aromatic N) is 1. The second-order valence-corrected chi connectivity index (χ2v) is 7.33. The highest BCUT2D eigenvalue weighted by atomic mass is 35.5. The Morgan fingerprint density at radius 2 is 1.82 bits per heavy atom. The lowest BCUT2D eigenvalue weighted by Crippen LogP contribution is -2.36. The van der Waals surface area contributed by atoms with E-state index in [1.165, 1.54) is 0 Å². The van der Waals surface area contributed by atoms with E-state index in [0.717, 1.165) is 27.6 Å². The normalized spacial score (nSPS) is 12.0. The van der Waals surface area contributed by atoms with Crippen molar-refractivity contribution in [1.82, 2.24) is 10.2 Å². The van der Waals surface area contributed by atoms with Gasteiger partial charge in [0.1, 0.15) is 5.75 Å². The second kappa shape index (κ2) is 9.09. The summed E-state index contributed by atoms with van der Waals surface area (Å²) in [6.45, 7) is 2.82. The number of ether oxygens (including phenoxy) is 1. The van der Waals surface area contributed by atoms with Crippen molar-refractivity contribution in [1.29, 1.82) is 0 Å². The molecule has 1 N–H and O–H groups in total. The predicted octanol–water partition coefficient (Wildman–Crippen LogP) is 4.81. The van der Waals surface area contributed by atoms with Gasteiger partial charge in [-0.15, -0.1) is 0 Å². The molecule has 0 aliphatic rings. The largest absolute Gasteiger partial charge is 0.497 e. The summed E-state index contributed by atoms with van der Waals surface area (Å²) in [5, 5.41) is 6.21. The van der Waals surface area contributed by atoms with Gasteiger partial charge in [-0.1, -0.05) is 48.0 Å². The molecule has 3 aromatic rings. The summed E-state index contributed by atoms with van der Waals surface area (Å²) in [4.78, 5) is 14.3. The molecular formula is C23H25ClN2O2. The third-order valence-electron chi connectivity index (χ3n) is 4.89. The van der Waals surface area contributed by atoms with Crippen molar-refractivity contribution < 1.29 is 9.53 Å². The average molecular weight is 397 g/mol. The molecule has 3 rings (SSSR count). The van der Waals surface area contributed by atoms with Crippen LogP contribution in [0, 0.1) is 0 Å². The van der Waals surface area contributed by atoms with E-state index < -0.39 is 0 Å². The van der Waals surface area contributed by atoms with Crippen molar-refractivity contribution >= 4 is 28.3 Å². The van der Waals surface area contributed by atoms with Crippen LogP contribution in [0.1, 0.15) is 24.1 Å². The molecule has 1 amide bonds. The predicted molar refractivity (Wildman–Crippen MR) is 115 cm³/mol. The van der Waals surface area contributed by atoms with Crippen molar-refractivity contribution in [2.24, 2.45) is 0 Å². The molecule has 0 aromatic heterocycles. The lowest BCUT2D eigenvalue weighted by molar-refractivity contribution is -0.129. The molecule has 0 heterocycles. The van der Waals surface area contributed by atoms with Gasteiger partial charge in [0.25, 0.3) is 0 Å². The van der Waals surface area contributed by atoms with Gasteiger partial charge in [0.2, 0.25) is 5.91 Å². The van der Waals surface area contributed by atoms with Gasteiger partial charge in [0.15, 0.2) is 0 Å². The molecule has 146 valence electrons. The Hall–Kier alpha value is -2.56. The Labute approximate surface area is 171 Å². The number of hydrogen-bond donors (Lipinski definition) is 1. The molecule has 4 nitrogen and oxygen atoms in total. The van der Waals surface area contributed by atoms with E-state index in [4.69, 9.17) is 16.3 Å². The fourth-order valence-corrected chi connectivity index (χ4v) is 3.47. The molecule has 0 fully saturated rings. The van der Waals surface area contributed by atoms with Crippen molar-refractivity contribution in [2.75, 3.05) is 20.7 Å². The Balaban J connectivity index is 1.59. The number of carbonyl (C=O) groups is 1. The molecule has 28 heavy (non-hydrogen) atoms. The molecule has 0 saturated carbocycles. The zero-order valence-corrected chi connectivity index (χ0v) is 17.2. The van der Waals surface area contributed by atoms with Gasteiger partial charge in [-0.05, 0) is 53.1 Å². The minimum absolute atomic E-state index is 0.00157. The summed E-state index contributed by atoms with van der Waals surface area (Å²) in [6, 6.07) is 19.9. The minimum atomic E-state index is 0.00157. The molecule has 5 heteroatoms. The third kappa shape index (κ3) is 4.83. The first-order chi connectivity index (χ1) is 13.5. The number of fused-ring (bicyclic) bond motifs is 1. The summed E-state index contributed by atoms with van der Waals surface area (Å²) < 4.78 is 5.27. The van der Waals surface area contributed by atoms with E-state index in [0.29, 0.717) is 11.6 Å². The number of halogens is 1. The van der Waals surface area contributed by atoms with Gasteiger partial charge in [-0.3, -0.25) is 4.79 Å². The van der Waals surface area contributed by atoms with Crippen LogP contribution in [0.3, 0.4) is 0 Å². The molecule has 0 aliphatic heterocycles. The smallest absolute Gasteiger partial charge is 0.236 e. The number of carbonyl (C=O) groups excluding carboxylic acids is 1. The lowest BCUT2D eigenvalue weighted by Gasteiger charge is -2.20. The first-order valence-corrected chi connectivity index (χ1v) is 9.64. The van der Waals surface area contributed by atoms with E-state index >= 15 is 0 Å². The van der Waals surface area contributed by atoms with Gasteiger partial charge in [-0.2, -0.15) is 0 Å². The van der Waals surface area contributed by atoms with Crippen LogP contribution in [0.15, 0.2) is 60.7 Å². The Morgan fingerprint density at radius 1 is 1.11 bits per heavy atom. The van der Waals surface area contributed by atoms with Crippen molar-refractivity contribution in [3.63, 3.8) is 0 Å². The number of benzene rings is 3. The van der Waals surface area contributed by atoms with E-state index in [1.54, 1.807) is 12.0 Å². The second-order valence-electron chi connectivity index (χ2n) is 6.92. The van der Waals surface area contributed by atoms with Crippen LogP contribution in [0.2, 0.25) is 5.02 Å². The Kier molecular flexibility index (Phi) is 6.55. The maximum absolute atomic E-state index is 12.5. The highest BCUT2D eigenvalue weighted by molar-refractivity contribution is 6.31. The van der Waals surface area contributed by atoms with Gasteiger partial charge in [0, 0.05) is 24.7 Å². The summed E-state index contributed by atoms with van der Waals surface area (Å²) >= 11 is 6.23. The summed E-state index contributed by atoms with van der Waals surface area (Å²) in [5.74, 6) is 0.875. The molecule has 0 spiro atoms. The van der Waals surface area contributed by atoms with Crippen LogP contribution >= 0.6 is 11.6 Å². The zero-order chi connectivity index (χ0) is 20.1. The zero-order valence-electron chi connectivity index (χ0n) is 16.4. The minimum Gasteiger partial charge on any atom is -0.497 e. The number of likely N-dealkylation sites (N-methyl/N-ethyl adjacent to an activating group) is 1. The fourth-order valence-electron chi connectivity index (χ4n) is 3.17. The van der Waals surface area contributed by atoms with Crippen molar-refractivity contribution in [3.05, 3.63) is 76.8 Å². The topological polar surface area (TPSA) is 41.6 Å². The Morgan fingerprint density at radius 3 is 2.57 bits per heavy atom. The van der Waals surface area contributed by atoms with Gasteiger partial charge in [-0.25, -0.2) is 0 Å². The maximum atomic E-state index is 12.5.